The highest BCUT2D eigenvalue weighted by atomic mass is 35.5. The van der Waals surface area contributed by atoms with E-state index in [4.69, 9.17) is 34.7 Å². The van der Waals surface area contributed by atoms with Gasteiger partial charge in [-0.25, -0.2) is 9.97 Å². The number of pyridine rings is 2. The lowest BCUT2D eigenvalue weighted by Gasteiger charge is -2.13. The van der Waals surface area contributed by atoms with Gasteiger partial charge in [0.05, 0.1) is 21.2 Å². The molecule has 10 nitrogen and oxygen atoms in total. The van der Waals surface area contributed by atoms with Crippen molar-refractivity contribution in [1.29, 1.82) is 0 Å². The monoisotopic (exact) mass is 452 g/mol. The smallest absolute Gasteiger partial charge is 0.253 e. The first-order chi connectivity index (χ1) is 14.1. The van der Waals surface area contributed by atoms with E-state index >= 15 is 0 Å². The van der Waals surface area contributed by atoms with Gasteiger partial charge in [-0.2, -0.15) is 0 Å². The summed E-state index contributed by atoms with van der Waals surface area (Å²) in [4.78, 5) is 27.1. The van der Waals surface area contributed by atoms with E-state index in [9.17, 15) is 20.2 Å². The predicted octanol–water partition coefficient (Wildman–Crippen LogP) is 3.20. The molecule has 2 aromatic rings. The lowest BCUT2D eigenvalue weighted by Crippen LogP contribution is -2.19. The van der Waals surface area contributed by atoms with Crippen molar-refractivity contribution in [2.24, 2.45) is 11.5 Å². The fourth-order valence-corrected chi connectivity index (χ4v) is 2.92. The van der Waals surface area contributed by atoms with Crippen molar-refractivity contribution in [2.45, 2.75) is 24.7 Å². The summed E-state index contributed by atoms with van der Waals surface area (Å²) in [5.74, 6) is 0. The summed E-state index contributed by atoms with van der Waals surface area (Å²) in [7, 11) is 0. The van der Waals surface area contributed by atoms with Crippen molar-refractivity contribution < 1.29 is 9.85 Å². The molecule has 1 saturated carbocycles. The number of aromatic nitrogens is 2. The van der Waals surface area contributed by atoms with Crippen LogP contribution in [0.4, 0.5) is 0 Å². The van der Waals surface area contributed by atoms with Crippen LogP contribution in [0.2, 0.25) is 10.3 Å². The number of hydrogen-bond donors (Lipinski definition) is 2. The van der Waals surface area contributed by atoms with Gasteiger partial charge in [0.25, 0.3) is 12.4 Å². The average molecular weight is 453 g/mol. The molecule has 12 heteroatoms. The van der Waals surface area contributed by atoms with Crippen LogP contribution in [-0.2, 0) is 11.8 Å². The Bertz CT molecular complexity index is 973. The molecule has 0 bridgehead atoms. The summed E-state index contributed by atoms with van der Waals surface area (Å²) in [5, 5.41) is 21.2. The first kappa shape index (κ1) is 23.0. The molecule has 0 radical (unpaired) electrons. The zero-order chi connectivity index (χ0) is 22.3. The highest BCUT2D eigenvalue weighted by Gasteiger charge is 2.48. The maximum Gasteiger partial charge on any atom is 0.253 e. The third-order valence-corrected chi connectivity index (χ3v) is 4.74. The number of hydrogen-bond acceptors (Lipinski definition) is 8. The van der Waals surface area contributed by atoms with Crippen molar-refractivity contribution in [2.75, 3.05) is 0 Å². The molecule has 4 N–H and O–H groups in total. The molecule has 1 aliphatic carbocycles. The molecule has 3 rings (SSSR count). The van der Waals surface area contributed by atoms with Gasteiger partial charge in [0.15, 0.2) is 0 Å². The molecule has 0 atom stereocenters. The van der Waals surface area contributed by atoms with Crippen molar-refractivity contribution >= 4 is 23.2 Å². The van der Waals surface area contributed by atoms with Gasteiger partial charge in [0, 0.05) is 24.2 Å². The van der Waals surface area contributed by atoms with Crippen LogP contribution in [0.25, 0.3) is 0 Å². The number of halogens is 2. The number of nitrogens with zero attached hydrogens (tertiary/aromatic N) is 4. The van der Waals surface area contributed by atoms with Crippen LogP contribution in [0.5, 0.6) is 0 Å². The average Bonchev–Trinajstić information content (AvgIpc) is 3.46. The van der Waals surface area contributed by atoms with Gasteiger partial charge >= 0.3 is 0 Å². The van der Waals surface area contributed by atoms with Gasteiger partial charge in [-0.1, -0.05) is 35.3 Å². The summed E-state index contributed by atoms with van der Waals surface area (Å²) in [6.45, 7) is 0. The van der Waals surface area contributed by atoms with E-state index in [1.54, 1.807) is 24.4 Å². The lowest BCUT2D eigenvalue weighted by atomic mass is 9.94. The first-order valence-corrected chi connectivity index (χ1v) is 9.31. The van der Waals surface area contributed by atoms with Crippen LogP contribution in [0, 0.1) is 20.2 Å². The van der Waals surface area contributed by atoms with Crippen molar-refractivity contribution in [1.82, 2.24) is 9.97 Å². The van der Waals surface area contributed by atoms with Crippen molar-refractivity contribution in [3.8, 4) is 0 Å². The summed E-state index contributed by atoms with van der Waals surface area (Å²) in [6, 6.07) is 6.80. The zero-order valence-corrected chi connectivity index (χ0v) is 17.1. The Labute approximate surface area is 181 Å². The topological polar surface area (TPSA) is 164 Å². The maximum absolute atomic E-state index is 10.4. The molecule has 30 heavy (non-hydrogen) atoms. The van der Waals surface area contributed by atoms with E-state index < -0.39 is 15.3 Å². The fraction of sp³-hybridized carbons (Fsp3) is 0.222. The lowest BCUT2D eigenvalue weighted by molar-refractivity contribution is -0.403. The summed E-state index contributed by atoms with van der Waals surface area (Å²) < 4.78 is 0. The highest BCUT2D eigenvalue weighted by molar-refractivity contribution is 6.29. The van der Waals surface area contributed by atoms with Crippen molar-refractivity contribution in [3.63, 3.8) is 0 Å². The predicted molar refractivity (Wildman–Crippen MR) is 112 cm³/mol. The molecule has 1 fully saturated rings. The van der Waals surface area contributed by atoms with E-state index in [2.05, 4.69) is 9.97 Å². The second-order valence-corrected chi connectivity index (χ2v) is 7.25. The van der Waals surface area contributed by atoms with E-state index in [0.717, 1.165) is 36.4 Å². The highest BCUT2D eigenvalue weighted by Crippen LogP contribution is 2.51. The second-order valence-electron chi connectivity index (χ2n) is 6.48. The van der Waals surface area contributed by atoms with E-state index in [1.807, 2.05) is 6.07 Å². The van der Waals surface area contributed by atoms with Gasteiger partial charge in [-0.3, -0.25) is 20.2 Å². The Hall–Kier alpha value is -3.24. The molecule has 2 aromatic heterocycles. The molecular weight excluding hydrogens is 435 g/mol. The van der Waals surface area contributed by atoms with Crippen LogP contribution < -0.4 is 11.5 Å². The summed E-state index contributed by atoms with van der Waals surface area (Å²) >= 11 is 11.2. The number of allylic oxidation sites excluding steroid dienone is 2. The van der Waals surface area contributed by atoms with E-state index in [-0.39, 0.29) is 11.4 Å². The van der Waals surface area contributed by atoms with Crippen LogP contribution >= 0.6 is 23.2 Å². The normalized spacial score (nSPS) is 15.0. The molecular formula is C18H18Cl2N6O4. The molecule has 0 saturated heterocycles. The molecule has 0 unspecified atom stereocenters. The third-order valence-electron chi connectivity index (χ3n) is 4.30. The molecule has 0 aromatic carbocycles. The Balaban J connectivity index is 0.000000216. The standard InChI is InChI=1S/C10H10ClN3O2.C8H8ClN3O2/c11-9-2-1-7(5-13-9)10(3-4-10)8(12)6-14(15)16;9-8-2-1-6(4-11-8)3-7(10)5-12(13)14/h1-2,5-6H,3-4,12H2;1-2,4-5H,3,10H2/b8-6-;7-5-. The SMILES string of the molecule is N/C(=C\[N+](=O)[O-])C1(c2ccc(Cl)nc2)CC1.N/C(=C\[N+](=O)[O-])Cc1ccc(Cl)nc1. The van der Waals surface area contributed by atoms with Gasteiger partial charge < -0.3 is 11.5 Å². The Morgan fingerprint density at radius 3 is 2.00 bits per heavy atom. The third kappa shape index (κ3) is 6.68. The minimum Gasteiger partial charge on any atom is -0.397 e. The molecule has 0 spiro atoms. The van der Waals surface area contributed by atoms with Gasteiger partial charge in [0.1, 0.15) is 10.3 Å². The molecule has 158 valence electrons. The fourth-order valence-electron chi connectivity index (χ4n) is 2.69. The van der Waals surface area contributed by atoms with Crippen LogP contribution in [0.1, 0.15) is 24.0 Å². The Kier molecular flexibility index (Phi) is 7.67. The van der Waals surface area contributed by atoms with Gasteiger partial charge in [-0.15, -0.1) is 0 Å². The second kappa shape index (κ2) is 9.99. The maximum atomic E-state index is 10.4. The summed E-state index contributed by atoms with van der Waals surface area (Å²) in [5.41, 5.74) is 12.9. The minimum absolute atomic E-state index is 0.180. The Morgan fingerprint density at radius 2 is 1.57 bits per heavy atom. The molecule has 1 aliphatic rings. The number of rotatable bonds is 6. The summed E-state index contributed by atoms with van der Waals surface area (Å²) in [6.07, 6.45) is 6.71. The zero-order valence-electron chi connectivity index (χ0n) is 15.6. The van der Waals surface area contributed by atoms with Gasteiger partial charge in [0.2, 0.25) is 0 Å². The largest absolute Gasteiger partial charge is 0.397 e. The van der Waals surface area contributed by atoms with Gasteiger partial charge in [-0.05, 0) is 36.1 Å². The Morgan fingerprint density at radius 1 is 1.00 bits per heavy atom. The van der Waals surface area contributed by atoms with E-state index in [1.165, 1.54) is 6.20 Å². The number of nitrogens with two attached hydrogens (primary N) is 2. The molecule has 2 heterocycles. The molecule has 0 aliphatic heterocycles. The quantitative estimate of drug-likeness (QED) is 0.382. The van der Waals surface area contributed by atoms with Crippen molar-refractivity contribution in [3.05, 3.63) is 102 Å². The van der Waals surface area contributed by atoms with Crippen LogP contribution in [0.3, 0.4) is 0 Å². The van der Waals surface area contributed by atoms with E-state index in [0.29, 0.717) is 16.7 Å². The van der Waals surface area contributed by atoms with Crippen LogP contribution in [0.15, 0.2) is 60.5 Å². The minimum atomic E-state index is -0.585. The van der Waals surface area contributed by atoms with Crippen LogP contribution in [-0.4, -0.2) is 19.8 Å². The molecule has 0 amide bonds. The first-order valence-electron chi connectivity index (χ1n) is 8.56. The number of nitro groups is 2.